The van der Waals surface area contributed by atoms with Gasteiger partial charge in [-0.3, -0.25) is 14.4 Å². The summed E-state index contributed by atoms with van der Waals surface area (Å²) in [7, 11) is 1.44. The van der Waals surface area contributed by atoms with Crippen LogP contribution in [0.15, 0.2) is 78.4 Å². The van der Waals surface area contributed by atoms with Crippen molar-refractivity contribution in [2.75, 3.05) is 20.3 Å². The summed E-state index contributed by atoms with van der Waals surface area (Å²) in [4.78, 5) is 40.0. The second-order valence-electron chi connectivity index (χ2n) is 9.98. The predicted octanol–water partition coefficient (Wildman–Crippen LogP) is 3.95. The number of aldehydes is 1. The molecule has 226 valence electrons. The average molecular weight is 719 g/mol. The number of carbonyl (C=O) groups excluding carboxylic acids is 3. The van der Waals surface area contributed by atoms with E-state index in [1.54, 1.807) is 35.2 Å². The Hall–Kier alpha value is -3.45. The molecule has 3 aromatic carbocycles. The summed E-state index contributed by atoms with van der Waals surface area (Å²) in [5.41, 5.74) is 2.27. The quantitative estimate of drug-likeness (QED) is 0.191. The number of ether oxygens (including phenoxy) is 2. The van der Waals surface area contributed by atoms with Crippen LogP contribution < -0.4 is 14.8 Å². The van der Waals surface area contributed by atoms with E-state index in [-0.39, 0.29) is 49.9 Å². The lowest BCUT2D eigenvalue weighted by molar-refractivity contribution is -0.138. The van der Waals surface area contributed by atoms with Crippen LogP contribution in [0.25, 0.3) is 0 Å². The third-order valence-electron chi connectivity index (χ3n) is 7.04. The molecule has 43 heavy (non-hydrogen) atoms. The normalized spacial score (nSPS) is 17.9. The number of hydrogen-bond acceptors (Lipinski definition) is 7. The highest BCUT2D eigenvalue weighted by atomic mass is 127. The first-order valence-corrected chi connectivity index (χ1v) is 15.0. The molecular formula is C32H32ClIN2O7. The summed E-state index contributed by atoms with van der Waals surface area (Å²) in [5, 5.41) is 24.2. The number of aliphatic hydroxyl groups is 2. The van der Waals surface area contributed by atoms with Crippen molar-refractivity contribution in [2.24, 2.45) is 0 Å². The molecule has 3 aromatic rings. The van der Waals surface area contributed by atoms with Crippen LogP contribution in [0, 0.1) is 3.57 Å². The summed E-state index contributed by atoms with van der Waals surface area (Å²) >= 11 is 8.11. The fourth-order valence-corrected chi connectivity index (χ4v) is 5.77. The monoisotopic (exact) mass is 718 g/mol. The van der Waals surface area contributed by atoms with Crippen molar-refractivity contribution in [2.45, 2.75) is 37.6 Å². The molecule has 3 atom stereocenters. The van der Waals surface area contributed by atoms with E-state index in [2.05, 4.69) is 5.32 Å². The maximum atomic E-state index is 13.9. The Bertz CT molecular complexity index is 1470. The zero-order valence-corrected chi connectivity index (χ0v) is 26.3. The van der Waals surface area contributed by atoms with E-state index < -0.39 is 24.2 Å². The van der Waals surface area contributed by atoms with Crippen LogP contribution >= 0.6 is 34.2 Å². The minimum atomic E-state index is -1.24. The number of methoxy groups -OCH3 is 1. The molecular weight excluding hydrogens is 687 g/mol. The molecule has 0 aliphatic heterocycles. The molecule has 0 aromatic heterocycles. The van der Waals surface area contributed by atoms with Crippen molar-refractivity contribution in [1.82, 2.24) is 10.2 Å². The van der Waals surface area contributed by atoms with Gasteiger partial charge in [0.2, 0.25) is 11.8 Å². The van der Waals surface area contributed by atoms with Gasteiger partial charge in [-0.25, -0.2) is 0 Å². The summed E-state index contributed by atoms with van der Waals surface area (Å²) < 4.78 is 12.3. The van der Waals surface area contributed by atoms with E-state index in [4.69, 9.17) is 21.1 Å². The topological polar surface area (TPSA) is 125 Å². The minimum absolute atomic E-state index is 0.0369. The van der Waals surface area contributed by atoms with Gasteiger partial charge in [0.05, 0.1) is 29.7 Å². The Balaban J connectivity index is 1.74. The van der Waals surface area contributed by atoms with Gasteiger partial charge in [0.25, 0.3) is 0 Å². The lowest BCUT2D eigenvalue weighted by Crippen LogP contribution is -2.55. The molecule has 3 unspecified atom stereocenters. The maximum absolute atomic E-state index is 13.9. The number of amides is 2. The van der Waals surface area contributed by atoms with Crippen molar-refractivity contribution in [3.63, 3.8) is 0 Å². The second kappa shape index (κ2) is 15.3. The van der Waals surface area contributed by atoms with Crippen molar-refractivity contribution in [3.05, 3.63) is 104 Å². The van der Waals surface area contributed by atoms with Crippen LogP contribution in [0.5, 0.6) is 11.5 Å². The van der Waals surface area contributed by atoms with Crippen LogP contribution in [0.1, 0.15) is 27.9 Å². The first kappa shape index (κ1) is 32.5. The summed E-state index contributed by atoms with van der Waals surface area (Å²) in [5.74, 6) is -0.131. The Morgan fingerprint density at radius 1 is 1.12 bits per heavy atom. The molecule has 3 N–H and O–H groups in total. The summed E-state index contributed by atoms with van der Waals surface area (Å²) in [6.07, 6.45) is 0.0426. The highest BCUT2D eigenvalue weighted by Gasteiger charge is 2.41. The van der Waals surface area contributed by atoms with Crippen molar-refractivity contribution < 1.29 is 34.1 Å². The number of aliphatic hydroxyl groups excluding tert-OH is 2. The van der Waals surface area contributed by atoms with E-state index in [0.717, 1.165) is 11.1 Å². The van der Waals surface area contributed by atoms with Gasteiger partial charge in [-0.1, -0.05) is 54.1 Å². The van der Waals surface area contributed by atoms with Crippen LogP contribution in [-0.2, 0) is 22.6 Å². The van der Waals surface area contributed by atoms with Gasteiger partial charge in [0.15, 0.2) is 11.5 Å². The SMILES string of the molecule is COc1cc(C=O)cc(I)c1OC1C=C(C(=O)NCCO)CC(N(Cc2ccc(Cl)cc2)C(=O)Cc2ccccc2)C1O. The molecule has 0 heterocycles. The number of benzene rings is 3. The largest absolute Gasteiger partial charge is 0.493 e. The minimum Gasteiger partial charge on any atom is -0.493 e. The zero-order valence-electron chi connectivity index (χ0n) is 23.4. The van der Waals surface area contributed by atoms with Crippen LogP contribution in [0.3, 0.4) is 0 Å². The van der Waals surface area contributed by atoms with E-state index in [1.165, 1.54) is 19.3 Å². The highest BCUT2D eigenvalue weighted by molar-refractivity contribution is 14.1. The number of nitrogens with zero attached hydrogens (tertiary/aromatic N) is 1. The molecule has 1 aliphatic carbocycles. The molecule has 11 heteroatoms. The van der Waals surface area contributed by atoms with E-state index in [0.29, 0.717) is 26.0 Å². The molecule has 0 saturated heterocycles. The Kier molecular flexibility index (Phi) is 11.6. The molecule has 0 fully saturated rings. The summed E-state index contributed by atoms with van der Waals surface area (Å²) in [6.45, 7) is -0.0609. The zero-order chi connectivity index (χ0) is 30.9. The van der Waals surface area contributed by atoms with Crippen LogP contribution in [0.2, 0.25) is 5.02 Å². The smallest absolute Gasteiger partial charge is 0.247 e. The van der Waals surface area contributed by atoms with E-state index in [1.807, 2.05) is 52.9 Å². The molecule has 9 nitrogen and oxygen atoms in total. The number of carbonyl (C=O) groups is 3. The van der Waals surface area contributed by atoms with Gasteiger partial charge in [-0.05, 0) is 64.1 Å². The lowest BCUT2D eigenvalue weighted by atomic mass is 9.87. The molecule has 0 bridgehead atoms. The van der Waals surface area contributed by atoms with Gasteiger partial charge in [0.1, 0.15) is 18.5 Å². The number of hydrogen-bond donors (Lipinski definition) is 3. The van der Waals surface area contributed by atoms with Crippen molar-refractivity contribution >= 4 is 52.3 Å². The van der Waals surface area contributed by atoms with Gasteiger partial charge in [-0.2, -0.15) is 0 Å². The third-order valence-corrected chi connectivity index (χ3v) is 8.09. The van der Waals surface area contributed by atoms with E-state index >= 15 is 0 Å². The van der Waals surface area contributed by atoms with Crippen molar-refractivity contribution in [3.8, 4) is 11.5 Å². The van der Waals surface area contributed by atoms with Crippen LogP contribution in [-0.4, -0.2) is 71.7 Å². The number of nitrogens with one attached hydrogen (secondary N) is 1. The Labute approximate surface area is 268 Å². The molecule has 1 aliphatic rings. The molecule has 0 saturated carbocycles. The summed E-state index contributed by atoms with van der Waals surface area (Å²) in [6, 6.07) is 18.6. The standard InChI is InChI=1S/C32H32ClIN2O7/c1-42-28-14-22(19-38)13-25(34)31(28)43-27-17-23(32(41)35-11-12-37)16-26(30(27)40)36(18-21-7-9-24(33)10-8-21)29(39)15-20-5-3-2-4-6-20/h2-10,13-14,17,19,26-27,30,37,40H,11-12,15-16,18H2,1H3,(H,35,41). The number of rotatable bonds is 12. The highest BCUT2D eigenvalue weighted by Crippen LogP contribution is 2.37. The van der Waals surface area contributed by atoms with Crippen molar-refractivity contribution in [1.29, 1.82) is 0 Å². The molecule has 2 amide bonds. The molecule has 0 radical (unpaired) electrons. The van der Waals surface area contributed by atoms with Gasteiger partial charge in [0, 0.05) is 35.7 Å². The van der Waals surface area contributed by atoms with Crippen LogP contribution in [0.4, 0.5) is 0 Å². The Morgan fingerprint density at radius 2 is 1.84 bits per heavy atom. The van der Waals surface area contributed by atoms with Gasteiger partial charge in [-0.15, -0.1) is 0 Å². The first-order valence-electron chi connectivity index (χ1n) is 13.6. The fraction of sp³-hybridized carbons (Fsp3) is 0.281. The predicted molar refractivity (Wildman–Crippen MR) is 170 cm³/mol. The van der Waals surface area contributed by atoms with E-state index in [9.17, 15) is 24.6 Å². The van der Waals surface area contributed by atoms with Gasteiger partial charge >= 0.3 is 0 Å². The second-order valence-corrected chi connectivity index (χ2v) is 11.6. The fourth-order valence-electron chi connectivity index (χ4n) is 4.89. The molecule has 4 rings (SSSR count). The lowest BCUT2D eigenvalue weighted by Gasteiger charge is -2.41. The maximum Gasteiger partial charge on any atom is 0.247 e. The number of halogens is 2. The van der Waals surface area contributed by atoms with Gasteiger partial charge < -0.3 is 29.9 Å². The molecule has 0 spiro atoms. The first-order chi connectivity index (χ1) is 20.7. The average Bonchev–Trinajstić information content (AvgIpc) is 3.01. The Morgan fingerprint density at radius 3 is 2.49 bits per heavy atom. The third kappa shape index (κ3) is 8.35.